The Morgan fingerprint density at radius 2 is 2.29 bits per heavy atom. The van der Waals surface area contributed by atoms with Crippen LogP contribution in [0.1, 0.15) is 0 Å². The third-order valence-corrected chi connectivity index (χ3v) is 4.51. The molecule has 0 aliphatic carbocycles. The van der Waals surface area contributed by atoms with E-state index < -0.39 is 5.97 Å². The second kappa shape index (κ2) is 7.46. The number of benzene rings is 1. The number of carbonyl (C=O) groups is 1. The highest BCUT2D eigenvalue weighted by atomic mass is 79.9. The SMILES string of the molecule is CN(CC(=O)O)CC1CN(c2ccc3cc(Br)ccc3n2)CCO1. The second-order valence-electron chi connectivity index (χ2n) is 6.04. The van der Waals surface area contributed by atoms with Crippen LogP contribution in [0.25, 0.3) is 10.9 Å². The van der Waals surface area contributed by atoms with Crippen molar-refractivity contribution in [2.75, 3.05) is 44.7 Å². The van der Waals surface area contributed by atoms with E-state index in [-0.39, 0.29) is 12.6 Å². The van der Waals surface area contributed by atoms with Gasteiger partial charge in [0.25, 0.3) is 0 Å². The molecule has 3 rings (SSSR count). The Kier molecular flexibility index (Phi) is 5.33. The van der Waals surface area contributed by atoms with Crippen LogP contribution in [0.4, 0.5) is 5.82 Å². The van der Waals surface area contributed by atoms with Gasteiger partial charge in [-0.1, -0.05) is 15.9 Å². The van der Waals surface area contributed by atoms with Crippen molar-refractivity contribution in [1.29, 1.82) is 0 Å². The summed E-state index contributed by atoms with van der Waals surface area (Å²) in [6.45, 7) is 2.71. The number of carboxylic acids is 1. The van der Waals surface area contributed by atoms with Crippen molar-refractivity contribution in [2.45, 2.75) is 6.10 Å². The predicted molar refractivity (Wildman–Crippen MR) is 96.5 cm³/mol. The Labute approximate surface area is 149 Å². The molecule has 0 saturated carbocycles. The topological polar surface area (TPSA) is 65.9 Å². The standard InChI is InChI=1S/C17H20BrN3O3/c1-20(11-17(22)23)9-14-10-21(6-7-24-14)16-5-2-12-8-13(18)3-4-15(12)19-16/h2-5,8,14H,6-7,9-11H2,1H3,(H,22,23). The third kappa shape index (κ3) is 4.23. The van der Waals surface area contributed by atoms with Gasteiger partial charge in [-0.15, -0.1) is 0 Å². The number of rotatable bonds is 5. The van der Waals surface area contributed by atoms with Gasteiger partial charge in [-0.25, -0.2) is 4.98 Å². The fraction of sp³-hybridized carbons (Fsp3) is 0.412. The van der Waals surface area contributed by atoms with Crippen LogP contribution < -0.4 is 4.90 Å². The van der Waals surface area contributed by atoms with Crippen LogP contribution in [-0.2, 0) is 9.53 Å². The van der Waals surface area contributed by atoms with Gasteiger partial charge in [-0.3, -0.25) is 9.69 Å². The highest BCUT2D eigenvalue weighted by Gasteiger charge is 2.23. The largest absolute Gasteiger partial charge is 0.480 e. The van der Waals surface area contributed by atoms with Crippen molar-refractivity contribution < 1.29 is 14.6 Å². The molecule has 0 bridgehead atoms. The van der Waals surface area contributed by atoms with Crippen molar-refractivity contribution in [1.82, 2.24) is 9.88 Å². The summed E-state index contributed by atoms with van der Waals surface area (Å²) in [5.74, 6) is 0.103. The van der Waals surface area contributed by atoms with E-state index in [1.165, 1.54) is 0 Å². The van der Waals surface area contributed by atoms with Gasteiger partial charge in [0, 0.05) is 29.5 Å². The van der Waals surface area contributed by atoms with E-state index in [9.17, 15) is 4.79 Å². The Bertz CT molecular complexity index is 740. The molecule has 0 radical (unpaired) electrons. The lowest BCUT2D eigenvalue weighted by Gasteiger charge is -2.35. The highest BCUT2D eigenvalue weighted by molar-refractivity contribution is 9.10. The van der Waals surface area contributed by atoms with Gasteiger partial charge in [0.15, 0.2) is 0 Å². The van der Waals surface area contributed by atoms with Gasteiger partial charge < -0.3 is 14.7 Å². The minimum atomic E-state index is -0.826. The molecule has 1 unspecified atom stereocenters. The monoisotopic (exact) mass is 393 g/mol. The van der Waals surface area contributed by atoms with Gasteiger partial charge in [-0.05, 0) is 37.4 Å². The van der Waals surface area contributed by atoms with Gasteiger partial charge >= 0.3 is 5.97 Å². The quantitative estimate of drug-likeness (QED) is 0.839. The third-order valence-electron chi connectivity index (χ3n) is 4.02. The van der Waals surface area contributed by atoms with Crippen LogP contribution in [0.3, 0.4) is 0 Å². The Hall–Kier alpha value is -1.70. The van der Waals surface area contributed by atoms with Crippen molar-refractivity contribution in [2.24, 2.45) is 0 Å². The first kappa shape index (κ1) is 17.1. The van der Waals surface area contributed by atoms with Crippen molar-refractivity contribution >= 4 is 38.6 Å². The van der Waals surface area contributed by atoms with Gasteiger partial charge in [0.05, 0.1) is 24.8 Å². The van der Waals surface area contributed by atoms with Crippen LogP contribution in [0.2, 0.25) is 0 Å². The van der Waals surface area contributed by atoms with Crippen LogP contribution in [-0.4, -0.2) is 66.9 Å². The minimum absolute atomic E-state index is 0.0168. The first-order valence-corrected chi connectivity index (χ1v) is 8.64. The lowest BCUT2D eigenvalue weighted by atomic mass is 10.2. The maximum Gasteiger partial charge on any atom is 0.317 e. The van der Waals surface area contributed by atoms with Crippen molar-refractivity contribution in [3.63, 3.8) is 0 Å². The molecule has 1 fully saturated rings. The van der Waals surface area contributed by atoms with E-state index >= 15 is 0 Å². The maximum absolute atomic E-state index is 10.8. The second-order valence-corrected chi connectivity index (χ2v) is 6.95. The average molecular weight is 394 g/mol. The molecular formula is C17H20BrN3O3. The smallest absolute Gasteiger partial charge is 0.317 e. The molecule has 1 atom stereocenters. The van der Waals surface area contributed by atoms with E-state index in [2.05, 4.69) is 33.0 Å². The molecule has 1 aliphatic rings. The van der Waals surface area contributed by atoms with Crippen molar-refractivity contribution in [3.8, 4) is 0 Å². The first-order valence-electron chi connectivity index (χ1n) is 7.84. The average Bonchev–Trinajstić information content (AvgIpc) is 2.53. The van der Waals surface area contributed by atoms with Crippen LogP contribution >= 0.6 is 15.9 Å². The summed E-state index contributed by atoms with van der Waals surface area (Å²) in [4.78, 5) is 19.5. The fourth-order valence-corrected chi connectivity index (χ4v) is 3.32. The number of pyridine rings is 1. The molecule has 7 heteroatoms. The summed E-state index contributed by atoms with van der Waals surface area (Å²) in [7, 11) is 1.79. The number of ether oxygens (including phenoxy) is 1. The summed E-state index contributed by atoms with van der Waals surface area (Å²) in [6, 6.07) is 10.1. The van der Waals surface area contributed by atoms with Gasteiger partial charge in [-0.2, -0.15) is 0 Å². The Balaban J connectivity index is 1.70. The number of hydrogen-bond acceptors (Lipinski definition) is 5. The molecule has 128 valence electrons. The molecule has 1 aromatic carbocycles. The number of carboxylic acid groups (broad SMARTS) is 1. The van der Waals surface area contributed by atoms with Gasteiger partial charge in [0.1, 0.15) is 5.82 Å². The lowest BCUT2D eigenvalue weighted by Crippen LogP contribution is -2.48. The molecule has 24 heavy (non-hydrogen) atoms. The van der Waals surface area contributed by atoms with E-state index in [0.717, 1.165) is 27.7 Å². The van der Waals surface area contributed by atoms with E-state index in [1.54, 1.807) is 11.9 Å². The molecule has 2 aromatic rings. The normalized spacial score (nSPS) is 18.3. The van der Waals surface area contributed by atoms with Crippen LogP contribution in [0, 0.1) is 0 Å². The molecule has 0 spiro atoms. The molecule has 1 saturated heterocycles. The highest BCUT2D eigenvalue weighted by Crippen LogP contribution is 2.23. The number of likely N-dealkylation sites (N-methyl/N-ethyl adjacent to an activating group) is 1. The number of fused-ring (bicyclic) bond motifs is 1. The van der Waals surface area contributed by atoms with E-state index in [1.807, 2.05) is 18.2 Å². The molecule has 1 aliphatic heterocycles. The molecule has 1 aromatic heterocycles. The number of halogens is 1. The predicted octanol–water partition coefficient (Wildman–Crippen LogP) is 2.22. The van der Waals surface area contributed by atoms with Crippen LogP contribution in [0.15, 0.2) is 34.8 Å². The Morgan fingerprint density at radius 1 is 1.46 bits per heavy atom. The molecule has 6 nitrogen and oxygen atoms in total. The summed E-state index contributed by atoms with van der Waals surface area (Å²) in [5, 5.41) is 9.95. The van der Waals surface area contributed by atoms with Crippen LogP contribution in [0.5, 0.6) is 0 Å². The molecule has 1 N–H and O–H groups in total. The molecule has 0 amide bonds. The minimum Gasteiger partial charge on any atom is -0.480 e. The number of hydrogen-bond donors (Lipinski definition) is 1. The van der Waals surface area contributed by atoms with Gasteiger partial charge in [0.2, 0.25) is 0 Å². The zero-order valence-electron chi connectivity index (χ0n) is 13.5. The zero-order valence-corrected chi connectivity index (χ0v) is 15.1. The number of aliphatic carboxylic acids is 1. The first-order chi connectivity index (χ1) is 11.5. The number of nitrogens with zero attached hydrogens (tertiary/aromatic N) is 3. The fourth-order valence-electron chi connectivity index (χ4n) is 2.94. The van der Waals surface area contributed by atoms with E-state index in [4.69, 9.17) is 14.8 Å². The van der Waals surface area contributed by atoms with E-state index in [0.29, 0.717) is 19.7 Å². The number of anilines is 1. The lowest BCUT2D eigenvalue weighted by molar-refractivity contribution is -0.138. The summed E-state index contributed by atoms with van der Waals surface area (Å²) in [6.07, 6.45) is -0.0227. The number of aromatic nitrogens is 1. The van der Waals surface area contributed by atoms with Crippen molar-refractivity contribution in [3.05, 3.63) is 34.8 Å². The zero-order chi connectivity index (χ0) is 17.1. The Morgan fingerprint density at radius 3 is 3.08 bits per heavy atom. The molecular weight excluding hydrogens is 374 g/mol. The summed E-state index contributed by atoms with van der Waals surface area (Å²) >= 11 is 3.47. The maximum atomic E-state index is 10.8. The molecule has 2 heterocycles. The summed E-state index contributed by atoms with van der Waals surface area (Å²) in [5.41, 5.74) is 0.960. The summed E-state index contributed by atoms with van der Waals surface area (Å²) < 4.78 is 6.81. The number of morpholine rings is 1.